The van der Waals surface area contributed by atoms with E-state index in [1.165, 1.54) is 49.7 Å². The monoisotopic (exact) mass is 552 g/mol. The summed E-state index contributed by atoms with van der Waals surface area (Å²) in [5.74, 6) is 2.57. The maximum Gasteiger partial charge on any atom is 0.0907 e. The third-order valence-corrected chi connectivity index (χ3v) is 9.05. The van der Waals surface area contributed by atoms with Crippen molar-refractivity contribution in [1.29, 1.82) is 0 Å². The van der Waals surface area contributed by atoms with Gasteiger partial charge in [0.25, 0.3) is 0 Å². The minimum atomic E-state index is 0.0758. The molecule has 0 aliphatic heterocycles. The van der Waals surface area contributed by atoms with E-state index in [4.69, 9.17) is 0 Å². The summed E-state index contributed by atoms with van der Waals surface area (Å²) in [5.41, 5.74) is 4.87. The van der Waals surface area contributed by atoms with Crippen LogP contribution in [-0.2, 0) is 13.1 Å². The molecule has 2 unspecified atom stereocenters. The van der Waals surface area contributed by atoms with Crippen molar-refractivity contribution in [1.82, 2.24) is 30.0 Å². The molecule has 5 rings (SSSR count). The van der Waals surface area contributed by atoms with Gasteiger partial charge in [0.2, 0.25) is 0 Å². The highest BCUT2D eigenvalue weighted by Crippen LogP contribution is 2.39. The number of rotatable bonds is 11. The molecular weight excluding hydrogens is 504 g/mol. The summed E-state index contributed by atoms with van der Waals surface area (Å²) < 4.78 is 4.15. The standard InChI is InChI=1S/C35H48N6/c1-26(2)33(29-12-8-6-9-13-29)31-24-40(38-36-31)22-20-27-16-18-28(19-17-27)21-23-41-25-32(37-39-41)34(35(3,4)5)30-14-10-7-11-15-30/h6-15,24-28,33-34H,16-23H2,1-5H3. The van der Waals surface area contributed by atoms with Crippen molar-refractivity contribution in [3.8, 4) is 0 Å². The summed E-state index contributed by atoms with van der Waals surface area (Å²) in [6.07, 6.45) is 12.0. The molecular formula is C35H48N6. The van der Waals surface area contributed by atoms with Crippen LogP contribution < -0.4 is 0 Å². The number of aryl methyl sites for hydroxylation is 2. The average Bonchev–Trinajstić information content (AvgIpc) is 3.62. The van der Waals surface area contributed by atoms with Crippen LogP contribution in [-0.4, -0.2) is 30.0 Å². The molecule has 2 aromatic carbocycles. The Morgan fingerprint density at radius 3 is 1.63 bits per heavy atom. The van der Waals surface area contributed by atoms with Crippen molar-refractivity contribution in [2.45, 2.75) is 98.1 Å². The molecule has 4 aromatic rings. The Bertz CT molecular complexity index is 1330. The Labute approximate surface area is 246 Å². The van der Waals surface area contributed by atoms with E-state index in [1.54, 1.807) is 0 Å². The molecule has 0 spiro atoms. The zero-order chi connectivity index (χ0) is 28.8. The van der Waals surface area contributed by atoms with Crippen LogP contribution in [0.25, 0.3) is 0 Å². The quantitative estimate of drug-likeness (QED) is 0.188. The molecule has 6 heteroatoms. The lowest BCUT2D eigenvalue weighted by Gasteiger charge is -2.29. The molecule has 6 nitrogen and oxygen atoms in total. The maximum absolute atomic E-state index is 4.63. The van der Waals surface area contributed by atoms with Crippen molar-refractivity contribution < 1.29 is 0 Å². The smallest absolute Gasteiger partial charge is 0.0907 e. The maximum atomic E-state index is 4.63. The zero-order valence-corrected chi connectivity index (χ0v) is 25.7. The fourth-order valence-corrected chi connectivity index (χ4v) is 6.88. The average molecular weight is 553 g/mol. The number of benzene rings is 2. The van der Waals surface area contributed by atoms with Gasteiger partial charge in [-0.05, 0) is 47.1 Å². The van der Waals surface area contributed by atoms with Crippen LogP contribution in [0.15, 0.2) is 73.1 Å². The third kappa shape index (κ3) is 7.52. The van der Waals surface area contributed by atoms with Gasteiger partial charge in [-0.2, -0.15) is 0 Å². The largest absolute Gasteiger partial charge is 0.252 e. The molecule has 0 saturated heterocycles. The second kappa shape index (κ2) is 13.1. The van der Waals surface area contributed by atoms with Crippen LogP contribution in [0.2, 0.25) is 0 Å². The highest BCUT2D eigenvalue weighted by molar-refractivity contribution is 5.29. The SMILES string of the molecule is CC(C)C(c1ccccc1)c1cn(CCC2CCC(CCn3cc(C(c4ccccc4)C(C)(C)C)nn3)CC2)nn1. The van der Waals surface area contributed by atoms with Gasteiger partial charge in [0.1, 0.15) is 0 Å². The third-order valence-electron chi connectivity index (χ3n) is 9.05. The molecule has 1 saturated carbocycles. The van der Waals surface area contributed by atoms with E-state index in [2.05, 4.69) is 138 Å². The number of aromatic nitrogens is 6. The van der Waals surface area contributed by atoms with E-state index in [9.17, 15) is 0 Å². The van der Waals surface area contributed by atoms with Gasteiger partial charge in [0, 0.05) is 37.3 Å². The Hall–Kier alpha value is -3.28. The van der Waals surface area contributed by atoms with Gasteiger partial charge in [0.05, 0.1) is 11.4 Å². The van der Waals surface area contributed by atoms with E-state index in [1.807, 2.05) is 0 Å². The van der Waals surface area contributed by atoms with E-state index in [-0.39, 0.29) is 11.3 Å². The Kier molecular flexibility index (Phi) is 9.36. The fourth-order valence-electron chi connectivity index (χ4n) is 6.88. The first kappa shape index (κ1) is 29.2. The first-order valence-electron chi connectivity index (χ1n) is 15.7. The molecule has 2 heterocycles. The summed E-state index contributed by atoms with van der Waals surface area (Å²) in [5, 5.41) is 18.3. The van der Waals surface area contributed by atoms with Crippen LogP contribution in [0.4, 0.5) is 0 Å². The van der Waals surface area contributed by atoms with E-state index >= 15 is 0 Å². The van der Waals surface area contributed by atoms with Gasteiger partial charge in [-0.15, -0.1) is 10.2 Å². The minimum absolute atomic E-state index is 0.0758. The van der Waals surface area contributed by atoms with Gasteiger partial charge in [-0.3, -0.25) is 9.36 Å². The molecule has 2 atom stereocenters. The minimum Gasteiger partial charge on any atom is -0.252 e. The summed E-state index contributed by atoms with van der Waals surface area (Å²) >= 11 is 0. The zero-order valence-electron chi connectivity index (χ0n) is 25.7. The highest BCUT2D eigenvalue weighted by atomic mass is 15.4. The summed E-state index contributed by atoms with van der Waals surface area (Å²) in [6, 6.07) is 21.4. The molecule has 2 aromatic heterocycles. The summed E-state index contributed by atoms with van der Waals surface area (Å²) in [6.45, 7) is 13.3. The molecule has 0 bridgehead atoms. The van der Waals surface area contributed by atoms with Crippen LogP contribution in [0.3, 0.4) is 0 Å². The van der Waals surface area contributed by atoms with Crippen LogP contribution in [0.1, 0.15) is 107 Å². The number of hydrogen-bond donors (Lipinski definition) is 0. The van der Waals surface area contributed by atoms with Gasteiger partial charge >= 0.3 is 0 Å². The van der Waals surface area contributed by atoms with Crippen molar-refractivity contribution >= 4 is 0 Å². The predicted octanol–water partition coefficient (Wildman–Crippen LogP) is 8.12. The second-order valence-electron chi connectivity index (χ2n) is 13.6. The van der Waals surface area contributed by atoms with Crippen LogP contribution in [0.5, 0.6) is 0 Å². The van der Waals surface area contributed by atoms with E-state index in [0.29, 0.717) is 11.8 Å². The molecule has 0 N–H and O–H groups in total. The summed E-state index contributed by atoms with van der Waals surface area (Å²) in [7, 11) is 0. The van der Waals surface area contributed by atoms with Crippen LogP contribution >= 0.6 is 0 Å². The molecule has 1 aliphatic rings. The fraction of sp³-hybridized carbons (Fsp3) is 0.543. The molecule has 1 aliphatic carbocycles. The lowest BCUT2D eigenvalue weighted by atomic mass is 9.75. The van der Waals surface area contributed by atoms with Gasteiger partial charge in [-0.25, -0.2) is 0 Å². The normalized spacial score (nSPS) is 19.4. The van der Waals surface area contributed by atoms with Crippen LogP contribution in [0, 0.1) is 23.2 Å². The van der Waals surface area contributed by atoms with E-state index in [0.717, 1.165) is 36.3 Å². The lowest BCUT2D eigenvalue weighted by molar-refractivity contribution is 0.235. The van der Waals surface area contributed by atoms with Gasteiger partial charge < -0.3 is 0 Å². The van der Waals surface area contributed by atoms with Crippen molar-refractivity contribution in [3.05, 3.63) is 95.6 Å². The topological polar surface area (TPSA) is 61.4 Å². The molecule has 1 fully saturated rings. The Balaban J connectivity index is 1.08. The first-order chi connectivity index (χ1) is 19.8. The Morgan fingerprint density at radius 2 is 1.15 bits per heavy atom. The summed E-state index contributed by atoms with van der Waals surface area (Å²) in [4.78, 5) is 0. The number of hydrogen-bond acceptors (Lipinski definition) is 4. The number of nitrogens with zero attached hydrogens (tertiary/aromatic N) is 6. The second-order valence-corrected chi connectivity index (χ2v) is 13.6. The van der Waals surface area contributed by atoms with Crippen molar-refractivity contribution in [2.24, 2.45) is 23.2 Å². The highest BCUT2D eigenvalue weighted by Gasteiger charge is 2.30. The van der Waals surface area contributed by atoms with Crippen molar-refractivity contribution in [3.63, 3.8) is 0 Å². The Morgan fingerprint density at radius 1 is 0.683 bits per heavy atom. The molecule has 218 valence electrons. The molecule has 0 radical (unpaired) electrons. The van der Waals surface area contributed by atoms with Gasteiger partial charge in [-0.1, -0.05) is 131 Å². The van der Waals surface area contributed by atoms with E-state index < -0.39 is 0 Å². The molecule has 41 heavy (non-hydrogen) atoms. The predicted molar refractivity (Wildman–Crippen MR) is 166 cm³/mol. The van der Waals surface area contributed by atoms with Gasteiger partial charge in [0.15, 0.2) is 0 Å². The first-order valence-corrected chi connectivity index (χ1v) is 15.7. The van der Waals surface area contributed by atoms with Crippen molar-refractivity contribution in [2.75, 3.05) is 0 Å². The lowest BCUT2D eigenvalue weighted by Crippen LogP contribution is -2.20. The molecule has 0 amide bonds.